The molecule has 15 heteroatoms. The lowest BCUT2D eigenvalue weighted by molar-refractivity contribution is -0.249. The first-order chi connectivity index (χ1) is 22.2. The molecule has 0 saturated carbocycles. The van der Waals surface area contributed by atoms with Crippen molar-refractivity contribution in [2.45, 2.75) is 69.4 Å². The summed E-state index contributed by atoms with van der Waals surface area (Å²) in [5.41, 5.74) is 0.333. The van der Waals surface area contributed by atoms with Crippen LogP contribution in [0, 0.1) is 0 Å². The molecule has 1 aliphatic heterocycles. The molecule has 3 aromatic rings. The van der Waals surface area contributed by atoms with Gasteiger partial charge < -0.3 is 34.6 Å². The topological polar surface area (TPSA) is 201 Å². The van der Waals surface area contributed by atoms with Crippen molar-refractivity contribution in [3.63, 3.8) is 0 Å². The number of phenols is 2. The third-order valence-electron chi connectivity index (χ3n) is 9.16. The fourth-order valence-corrected chi connectivity index (χ4v) is 6.73. The van der Waals surface area contributed by atoms with E-state index in [-0.39, 0.29) is 53.3 Å². The average molecular weight is 705 g/mol. The Morgan fingerprint density at radius 3 is 2.40 bits per heavy atom. The number of ketones is 3. The predicted molar refractivity (Wildman–Crippen MR) is 175 cm³/mol. The number of anilines is 1. The molecule has 0 bridgehead atoms. The van der Waals surface area contributed by atoms with Gasteiger partial charge in [0.05, 0.1) is 53.8 Å². The van der Waals surface area contributed by atoms with Gasteiger partial charge in [-0.05, 0) is 44.2 Å². The first-order valence-corrected chi connectivity index (χ1v) is 15.3. The second-order valence-electron chi connectivity index (χ2n) is 12.1. The lowest BCUT2D eigenvalue weighted by Crippen LogP contribution is -2.60. The molecule has 256 valence electrons. The smallest absolute Gasteiger partial charge is 0.202 e. The van der Waals surface area contributed by atoms with Crippen molar-refractivity contribution < 1.29 is 49.0 Å². The van der Waals surface area contributed by atoms with Crippen LogP contribution in [0.25, 0.3) is 0 Å². The number of aromatic hydroxyl groups is 2. The van der Waals surface area contributed by atoms with E-state index in [1.165, 1.54) is 37.4 Å². The maximum Gasteiger partial charge on any atom is 0.202 e. The second kappa shape index (κ2) is 13.3. The summed E-state index contributed by atoms with van der Waals surface area (Å²) in [4.78, 5) is 40.3. The van der Waals surface area contributed by atoms with Gasteiger partial charge in [0.2, 0.25) is 5.78 Å². The van der Waals surface area contributed by atoms with E-state index >= 15 is 0 Å². The van der Waals surface area contributed by atoms with Gasteiger partial charge in [0, 0.05) is 41.0 Å². The maximum atomic E-state index is 13.9. The molecule has 1 fully saturated rings. The molecule has 48 heavy (non-hydrogen) atoms. The molecule has 2 aliphatic carbocycles. The molecule has 0 aromatic heterocycles. The lowest BCUT2D eigenvalue weighted by Gasteiger charge is -2.43. The number of rotatable bonds is 7. The maximum absolute atomic E-state index is 13.9. The van der Waals surface area contributed by atoms with Crippen LogP contribution in [0.5, 0.6) is 17.2 Å². The van der Waals surface area contributed by atoms with Crippen molar-refractivity contribution in [1.29, 1.82) is 0 Å². The molecule has 6 rings (SSSR count). The summed E-state index contributed by atoms with van der Waals surface area (Å²) in [6, 6.07) is 10.4. The number of hydrogen-bond donors (Lipinski definition) is 6. The summed E-state index contributed by atoms with van der Waals surface area (Å²) in [7, 11) is 1.34. The van der Waals surface area contributed by atoms with E-state index in [1.807, 2.05) is 0 Å². The zero-order valence-corrected chi connectivity index (χ0v) is 27.7. The summed E-state index contributed by atoms with van der Waals surface area (Å²) in [5.74, 6) is 2.91. The molecule has 1 saturated heterocycles. The van der Waals surface area contributed by atoms with E-state index in [1.54, 1.807) is 31.2 Å². The summed E-state index contributed by atoms with van der Waals surface area (Å²) in [5, 5.41) is 47.3. The Hall–Kier alpha value is -3.79. The normalized spacial score (nSPS) is 26.1. The molecule has 3 aromatic carbocycles. The minimum atomic E-state index is -2.06. The van der Waals surface area contributed by atoms with Crippen molar-refractivity contribution in [2.24, 2.45) is 5.84 Å². The third-order valence-corrected chi connectivity index (χ3v) is 9.42. The standard InChI is InChI=1S/C33H34ClN3O10.ClH/c1-14-28(39)20(36-37(35)17-9-7-16(34)8-10-17)11-23(46-14)47-22-13-33(44,15(2)38)12-19-25(22)32(43)27-26(30(19)41)29(40)18-5-4-6-21(45-3)24(18)31(27)42;/h4-10,14,20,22-23,28,36,39,41,43-44H,11-13,35H2,1-3H3;1H/t14?,20?,22-,23?,28?,33-;/m0./s1. The molecule has 7 N–H and O–H groups in total. The van der Waals surface area contributed by atoms with Crippen molar-refractivity contribution in [1.82, 2.24) is 5.43 Å². The average Bonchev–Trinajstić information content (AvgIpc) is 3.03. The monoisotopic (exact) mass is 703 g/mol. The van der Waals surface area contributed by atoms with Gasteiger partial charge in [-0.25, -0.2) is 16.4 Å². The SMILES string of the molecule is COc1cccc2c1C(=O)c1c(O)c3c(c(O)c1C2=O)C[C@@](O)(C(C)=O)C[C@@H]3OC1CC(NN(N)c2ccc(Cl)cc2)C(O)C(C)O1.Cl. The Labute approximate surface area is 286 Å². The number of nitrogens with zero attached hydrogens (tertiary/aromatic N) is 1. The molecule has 1 heterocycles. The van der Waals surface area contributed by atoms with Gasteiger partial charge in [-0.15, -0.1) is 12.4 Å². The third kappa shape index (κ3) is 5.90. The molecular formula is C33H35Cl2N3O10. The Balaban J connectivity index is 0.00000451. The van der Waals surface area contributed by atoms with Crippen LogP contribution in [0.3, 0.4) is 0 Å². The van der Waals surface area contributed by atoms with E-state index in [0.29, 0.717) is 10.7 Å². The van der Waals surface area contributed by atoms with Crippen LogP contribution in [0.1, 0.15) is 75.8 Å². The van der Waals surface area contributed by atoms with Gasteiger partial charge in [-0.1, -0.05) is 23.7 Å². The highest BCUT2D eigenvalue weighted by atomic mass is 35.5. The molecule has 6 atom stereocenters. The van der Waals surface area contributed by atoms with Crippen molar-refractivity contribution in [3.8, 4) is 17.2 Å². The number of halogens is 2. The summed E-state index contributed by atoms with van der Waals surface area (Å²) in [6.45, 7) is 2.80. The van der Waals surface area contributed by atoms with E-state index in [4.69, 9.17) is 31.7 Å². The Morgan fingerprint density at radius 1 is 1.08 bits per heavy atom. The Morgan fingerprint density at radius 2 is 1.75 bits per heavy atom. The van der Waals surface area contributed by atoms with Crippen LogP contribution in [0.15, 0.2) is 42.5 Å². The van der Waals surface area contributed by atoms with E-state index < -0.39 is 82.6 Å². The van der Waals surface area contributed by atoms with Crippen LogP contribution in [0.4, 0.5) is 5.69 Å². The fourth-order valence-electron chi connectivity index (χ4n) is 6.61. The highest BCUT2D eigenvalue weighted by Crippen LogP contribution is 2.52. The highest BCUT2D eigenvalue weighted by molar-refractivity contribution is 6.31. The predicted octanol–water partition coefficient (Wildman–Crippen LogP) is 3.03. The first kappa shape index (κ1) is 35.5. The molecular weight excluding hydrogens is 669 g/mol. The second-order valence-corrected chi connectivity index (χ2v) is 12.5. The number of aliphatic hydroxyl groups is 2. The Kier molecular flexibility index (Phi) is 9.81. The van der Waals surface area contributed by atoms with Crippen LogP contribution in [-0.4, -0.2) is 75.0 Å². The minimum absolute atomic E-state index is 0. The molecule has 0 spiro atoms. The zero-order chi connectivity index (χ0) is 33.9. The number of benzene rings is 3. The lowest BCUT2D eigenvalue weighted by atomic mass is 9.72. The number of nitrogens with two attached hydrogens (primary N) is 1. The number of hydrogen-bond acceptors (Lipinski definition) is 13. The van der Waals surface area contributed by atoms with Crippen molar-refractivity contribution in [2.75, 3.05) is 12.2 Å². The van der Waals surface area contributed by atoms with Gasteiger partial charge in [0.15, 0.2) is 17.9 Å². The number of nitrogens with one attached hydrogen (secondary N) is 1. The number of phenolic OH excluding ortho intramolecular Hbond substituents is 2. The van der Waals surface area contributed by atoms with E-state index in [2.05, 4.69) is 5.43 Å². The summed E-state index contributed by atoms with van der Waals surface area (Å²) in [6.07, 6.45) is -5.03. The van der Waals surface area contributed by atoms with Gasteiger partial charge >= 0.3 is 0 Å². The summed E-state index contributed by atoms with van der Waals surface area (Å²) >= 11 is 5.98. The van der Waals surface area contributed by atoms with Crippen molar-refractivity contribution >= 4 is 47.0 Å². The number of carbonyl (C=O) groups excluding carboxylic acids is 3. The highest BCUT2D eigenvalue weighted by Gasteiger charge is 2.49. The number of Topliss-reactive ketones (excluding diaryl/α,β-unsaturated/α-hetero) is 1. The minimum Gasteiger partial charge on any atom is -0.507 e. The zero-order valence-electron chi connectivity index (χ0n) is 26.1. The molecule has 0 amide bonds. The number of aliphatic hydroxyl groups excluding tert-OH is 1. The Bertz CT molecular complexity index is 1790. The summed E-state index contributed by atoms with van der Waals surface area (Å²) < 4.78 is 17.6. The van der Waals surface area contributed by atoms with E-state index in [0.717, 1.165) is 0 Å². The van der Waals surface area contributed by atoms with Gasteiger partial charge in [0.1, 0.15) is 22.8 Å². The first-order valence-electron chi connectivity index (χ1n) is 14.9. The van der Waals surface area contributed by atoms with Crippen molar-refractivity contribution in [3.05, 3.63) is 80.9 Å². The quantitative estimate of drug-likeness (QED) is 0.0933. The largest absolute Gasteiger partial charge is 0.507 e. The van der Waals surface area contributed by atoms with Gasteiger partial charge in [0.25, 0.3) is 0 Å². The number of fused-ring (bicyclic) bond motifs is 3. The van der Waals surface area contributed by atoms with Gasteiger partial charge in [-0.2, -0.15) is 0 Å². The number of methoxy groups -OCH3 is 1. The fraction of sp³-hybridized carbons (Fsp3) is 0.364. The number of carbonyl (C=O) groups is 3. The van der Waals surface area contributed by atoms with Crippen LogP contribution in [-0.2, 0) is 20.7 Å². The van der Waals surface area contributed by atoms with Crippen LogP contribution in [0.2, 0.25) is 5.02 Å². The van der Waals surface area contributed by atoms with Crippen LogP contribution >= 0.6 is 24.0 Å². The molecule has 3 aliphatic rings. The molecule has 0 radical (unpaired) electrons. The van der Waals surface area contributed by atoms with Crippen LogP contribution < -0.4 is 21.1 Å². The van der Waals surface area contributed by atoms with Gasteiger partial charge in [-0.3, -0.25) is 14.4 Å². The molecule has 4 unspecified atom stereocenters. The molecule has 13 nitrogen and oxygen atoms in total. The number of hydrazine groups is 2. The van der Waals surface area contributed by atoms with E-state index in [9.17, 15) is 34.8 Å². The number of ether oxygens (including phenoxy) is 3.